The van der Waals surface area contributed by atoms with Crippen molar-refractivity contribution in [2.45, 2.75) is 0 Å². The summed E-state index contributed by atoms with van der Waals surface area (Å²) in [6, 6.07) is 8.79. The fourth-order valence-corrected chi connectivity index (χ4v) is 2.22. The number of benzene rings is 2. The fourth-order valence-electron chi connectivity index (χ4n) is 1.70. The average molecular weight is 299 g/mol. The minimum Gasteiger partial charge on any atom is -0.465 e. The largest absolute Gasteiger partial charge is 0.465 e. The highest BCUT2D eigenvalue weighted by Gasteiger charge is 2.12. The van der Waals surface area contributed by atoms with Crippen molar-refractivity contribution in [3.63, 3.8) is 0 Å². The third-order valence-corrected chi connectivity index (χ3v) is 3.11. The van der Waals surface area contributed by atoms with Crippen LogP contribution in [0.5, 0.6) is 0 Å². The molecular weight excluding hydrogens is 290 g/mol. The molecule has 2 aromatic rings. The van der Waals surface area contributed by atoms with Crippen molar-refractivity contribution >= 4 is 29.2 Å². The second kappa shape index (κ2) is 5.59. The maximum Gasteiger partial charge on any atom is 0.337 e. The Morgan fingerprint density at radius 2 is 1.89 bits per heavy atom. The molecule has 0 atom stereocenters. The van der Waals surface area contributed by atoms with Crippen molar-refractivity contribution in [1.82, 2.24) is 0 Å². The van der Waals surface area contributed by atoms with Gasteiger partial charge in [-0.2, -0.15) is 0 Å². The van der Waals surface area contributed by atoms with Gasteiger partial charge in [0.25, 0.3) is 0 Å². The van der Waals surface area contributed by atoms with Gasteiger partial charge in [-0.05, 0) is 35.9 Å². The van der Waals surface area contributed by atoms with Gasteiger partial charge in [-0.25, -0.2) is 9.18 Å². The smallest absolute Gasteiger partial charge is 0.337 e. The van der Waals surface area contributed by atoms with Crippen LogP contribution in [0.1, 0.15) is 10.4 Å². The van der Waals surface area contributed by atoms with Crippen LogP contribution < -0.4 is 0 Å². The molecule has 2 nitrogen and oxygen atoms in total. The standard InChI is InChI=1S/C14H9Cl2FO2/c1-19-14(18)9-4-8(5-11(17)6-9)12-3-2-10(15)7-13(12)16/h2-7H,1H3. The Bertz CT molecular complexity index is 641. The Balaban J connectivity index is 2.56. The second-order valence-corrected chi connectivity index (χ2v) is 4.69. The molecule has 2 aromatic carbocycles. The fraction of sp³-hybridized carbons (Fsp3) is 0.0714. The van der Waals surface area contributed by atoms with E-state index in [4.69, 9.17) is 23.2 Å². The minimum absolute atomic E-state index is 0.128. The highest BCUT2D eigenvalue weighted by Crippen LogP contribution is 2.31. The van der Waals surface area contributed by atoms with Gasteiger partial charge in [0.05, 0.1) is 12.7 Å². The molecule has 0 spiro atoms. The lowest BCUT2D eigenvalue weighted by molar-refractivity contribution is 0.0600. The molecule has 0 aliphatic carbocycles. The molecule has 0 aromatic heterocycles. The second-order valence-electron chi connectivity index (χ2n) is 3.84. The third-order valence-electron chi connectivity index (χ3n) is 2.56. The summed E-state index contributed by atoms with van der Waals surface area (Å²) >= 11 is 11.9. The van der Waals surface area contributed by atoms with Gasteiger partial charge in [-0.1, -0.05) is 29.3 Å². The highest BCUT2D eigenvalue weighted by atomic mass is 35.5. The molecule has 0 saturated carbocycles. The van der Waals surface area contributed by atoms with Crippen LogP contribution in [-0.2, 0) is 4.74 Å². The van der Waals surface area contributed by atoms with Crippen molar-refractivity contribution in [3.8, 4) is 11.1 Å². The van der Waals surface area contributed by atoms with E-state index >= 15 is 0 Å². The normalized spacial score (nSPS) is 10.3. The van der Waals surface area contributed by atoms with Crippen LogP contribution >= 0.6 is 23.2 Å². The summed E-state index contributed by atoms with van der Waals surface area (Å²) in [5, 5.41) is 0.868. The van der Waals surface area contributed by atoms with E-state index in [0.717, 1.165) is 6.07 Å². The first-order chi connectivity index (χ1) is 9.01. The Morgan fingerprint density at radius 1 is 1.16 bits per heavy atom. The number of carbonyl (C=O) groups excluding carboxylic acids is 1. The van der Waals surface area contributed by atoms with E-state index in [0.29, 0.717) is 21.2 Å². The van der Waals surface area contributed by atoms with Crippen LogP contribution in [0.2, 0.25) is 10.0 Å². The lowest BCUT2D eigenvalue weighted by Gasteiger charge is -2.07. The van der Waals surface area contributed by atoms with Gasteiger partial charge in [0.1, 0.15) is 5.82 Å². The topological polar surface area (TPSA) is 26.3 Å². The summed E-state index contributed by atoms with van der Waals surface area (Å²) in [7, 11) is 1.24. The molecule has 2 rings (SSSR count). The molecule has 0 radical (unpaired) electrons. The molecule has 98 valence electrons. The summed E-state index contributed by atoms with van der Waals surface area (Å²) in [4.78, 5) is 11.4. The maximum absolute atomic E-state index is 13.5. The molecule has 0 aliphatic heterocycles. The molecule has 0 heterocycles. The minimum atomic E-state index is -0.606. The monoisotopic (exact) mass is 298 g/mol. The van der Waals surface area contributed by atoms with E-state index in [9.17, 15) is 9.18 Å². The van der Waals surface area contributed by atoms with Crippen LogP contribution in [0, 0.1) is 5.82 Å². The zero-order valence-electron chi connectivity index (χ0n) is 9.91. The molecule has 19 heavy (non-hydrogen) atoms. The van der Waals surface area contributed by atoms with Crippen LogP contribution in [0.25, 0.3) is 11.1 Å². The van der Waals surface area contributed by atoms with Gasteiger partial charge < -0.3 is 4.74 Å². The number of hydrogen-bond donors (Lipinski definition) is 0. The first-order valence-corrected chi connectivity index (χ1v) is 6.11. The summed E-state index contributed by atoms with van der Waals surface area (Å²) < 4.78 is 18.1. The molecule has 0 bridgehead atoms. The van der Waals surface area contributed by atoms with Gasteiger partial charge >= 0.3 is 5.97 Å². The van der Waals surface area contributed by atoms with Crippen molar-refractivity contribution in [2.24, 2.45) is 0 Å². The molecule has 0 saturated heterocycles. The van der Waals surface area contributed by atoms with Gasteiger partial charge in [0, 0.05) is 15.6 Å². The van der Waals surface area contributed by atoms with Crippen molar-refractivity contribution in [3.05, 3.63) is 57.8 Å². The van der Waals surface area contributed by atoms with Crippen molar-refractivity contribution in [1.29, 1.82) is 0 Å². The molecule has 0 aliphatic rings. The van der Waals surface area contributed by atoms with Gasteiger partial charge in [0.2, 0.25) is 0 Å². The number of rotatable bonds is 2. The van der Waals surface area contributed by atoms with Crippen LogP contribution in [0.15, 0.2) is 36.4 Å². The predicted octanol–water partition coefficient (Wildman–Crippen LogP) is 4.59. The van der Waals surface area contributed by atoms with E-state index in [2.05, 4.69) is 4.74 Å². The molecule has 0 N–H and O–H groups in total. The van der Waals surface area contributed by atoms with Crippen LogP contribution in [-0.4, -0.2) is 13.1 Å². The van der Waals surface area contributed by atoms with E-state index in [-0.39, 0.29) is 5.56 Å². The molecule has 0 amide bonds. The van der Waals surface area contributed by atoms with Crippen molar-refractivity contribution < 1.29 is 13.9 Å². The summed E-state index contributed by atoms with van der Waals surface area (Å²) in [6.07, 6.45) is 0. The van der Waals surface area contributed by atoms with Gasteiger partial charge in [0.15, 0.2) is 0 Å². The average Bonchev–Trinajstić information content (AvgIpc) is 2.37. The quantitative estimate of drug-likeness (QED) is 0.758. The van der Waals surface area contributed by atoms with Crippen molar-refractivity contribution in [2.75, 3.05) is 7.11 Å². The number of halogens is 3. The lowest BCUT2D eigenvalue weighted by Crippen LogP contribution is -2.02. The summed E-state index contributed by atoms with van der Waals surface area (Å²) in [5.41, 5.74) is 1.21. The molecular formula is C14H9Cl2FO2. The number of esters is 1. The predicted molar refractivity (Wildman–Crippen MR) is 73.2 cm³/mol. The number of methoxy groups -OCH3 is 1. The Morgan fingerprint density at radius 3 is 2.53 bits per heavy atom. The third kappa shape index (κ3) is 3.06. The Labute approximate surface area is 119 Å². The zero-order chi connectivity index (χ0) is 14.0. The van der Waals surface area contributed by atoms with Crippen LogP contribution in [0.3, 0.4) is 0 Å². The SMILES string of the molecule is COC(=O)c1cc(F)cc(-c2ccc(Cl)cc2Cl)c1. The lowest BCUT2D eigenvalue weighted by atomic mass is 10.0. The summed E-state index contributed by atoms with van der Waals surface area (Å²) in [6.45, 7) is 0. The zero-order valence-corrected chi connectivity index (χ0v) is 11.4. The van der Waals surface area contributed by atoms with Gasteiger partial charge in [-0.15, -0.1) is 0 Å². The molecule has 0 fully saturated rings. The number of hydrogen-bond acceptors (Lipinski definition) is 2. The Kier molecular flexibility index (Phi) is 4.08. The van der Waals surface area contributed by atoms with Gasteiger partial charge in [-0.3, -0.25) is 0 Å². The van der Waals surface area contributed by atoms with Crippen LogP contribution in [0.4, 0.5) is 4.39 Å². The van der Waals surface area contributed by atoms with E-state index in [1.807, 2.05) is 0 Å². The van der Waals surface area contributed by atoms with E-state index in [1.54, 1.807) is 18.2 Å². The maximum atomic E-state index is 13.5. The molecule has 5 heteroatoms. The van der Waals surface area contributed by atoms with E-state index in [1.165, 1.54) is 19.2 Å². The Hall–Kier alpha value is -1.58. The number of ether oxygens (including phenoxy) is 1. The first kappa shape index (κ1) is 13.8. The first-order valence-electron chi connectivity index (χ1n) is 5.35. The number of carbonyl (C=O) groups is 1. The highest BCUT2D eigenvalue weighted by molar-refractivity contribution is 6.36. The van der Waals surface area contributed by atoms with E-state index < -0.39 is 11.8 Å². The molecule has 0 unspecified atom stereocenters. The summed E-state index contributed by atoms with van der Waals surface area (Å²) in [5.74, 6) is -1.14.